The fourth-order valence-electron chi connectivity index (χ4n) is 4.70. The maximum absolute atomic E-state index is 2.71. The fraction of sp³-hybridized carbons (Fsp3) is 1.00. The van der Waals surface area contributed by atoms with Crippen LogP contribution in [0.2, 0.25) is 0 Å². The van der Waals surface area contributed by atoms with Gasteiger partial charge in [0.05, 0.1) is 0 Å². The van der Waals surface area contributed by atoms with Crippen LogP contribution >= 0.6 is 0 Å². The van der Waals surface area contributed by atoms with E-state index in [-0.39, 0.29) is 0 Å². The summed E-state index contributed by atoms with van der Waals surface area (Å²) < 4.78 is 0. The normalized spacial score (nSPS) is 51.0. The first-order valence-electron chi connectivity index (χ1n) is 6.40. The van der Waals surface area contributed by atoms with Crippen LogP contribution in [0.5, 0.6) is 0 Å². The Morgan fingerprint density at radius 2 is 1.79 bits per heavy atom. The lowest BCUT2D eigenvalue weighted by Gasteiger charge is -2.72. The number of nitrogens with zero attached hydrogens (tertiary/aromatic N) is 1. The smallest absolute Gasteiger partial charge is 0.00388 e. The van der Waals surface area contributed by atoms with E-state index in [4.69, 9.17) is 0 Å². The van der Waals surface area contributed by atoms with E-state index < -0.39 is 0 Å². The van der Waals surface area contributed by atoms with Crippen molar-refractivity contribution in [3.63, 3.8) is 0 Å². The van der Waals surface area contributed by atoms with Crippen molar-refractivity contribution in [1.29, 1.82) is 0 Å². The monoisotopic (exact) mass is 193 g/mol. The summed E-state index contributed by atoms with van der Waals surface area (Å²) in [5, 5.41) is 0. The van der Waals surface area contributed by atoms with Crippen LogP contribution in [0.25, 0.3) is 0 Å². The molecule has 3 aliphatic rings. The van der Waals surface area contributed by atoms with Gasteiger partial charge in [0.2, 0.25) is 0 Å². The summed E-state index contributed by atoms with van der Waals surface area (Å²) in [6.45, 7) is 9.91. The second-order valence-corrected chi connectivity index (χ2v) is 6.22. The zero-order valence-electron chi connectivity index (χ0n) is 9.79. The van der Waals surface area contributed by atoms with Gasteiger partial charge in [-0.3, -0.25) is 0 Å². The summed E-state index contributed by atoms with van der Waals surface area (Å²) >= 11 is 0. The lowest BCUT2D eigenvalue weighted by molar-refractivity contribution is -0.227. The molecule has 2 unspecified atom stereocenters. The Labute approximate surface area is 87.9 Å². The van der Waals surface area contributed by atoms with Gasteiger partial charge in [0.1, 0.15) is 0 Å². The highest BCUT2D eigenvalue weighted by atomic mass is 15.2. The molecule has 1 nitrogen and oxygen atoms in total. The molecule has 1 aliphatic heterocycles. The van der Waals surface area contributed by atoms with Crippen LogP contribution in [0.15, 0.2) is 0 Å². The quantitative estimate of drug-likeness (QED) is 0.652. The van der Waals surface area contributed by atoms with Crippen molar-refractivity contribution < 1.29 is 0 Å². The Hall–Kier alpha value is -0.0400. The molecule has 0 amide bonds. The van der Waals surface area contributed by atoms with Crippen LogP contribution in [-0.2, 0) is 0 Å². The van der Waals surface area contributed by atoms with Crippen molar-refractivity contribution in [1.82, 2.24) is 4.90 Å². The first kappa shape index (κ1) is 9.21. The predicted octanol–water partition coefficient (Wildman–Crippen LogP) is 2.76. The van der Waals surface area contributed by atoms with Crippen molar-refractivity contribution >= 4 is 0 Å². The maximum Gasteiger partial charge on any atom is 0.00388 e. The summed E-state index contributed by atoms with van der Waals surface area (Å²) in [6.07, 6.45) is 4.55. The molecule has 3 fully saturated rings. The Balaban J connectivity index is 1.71. The summed E-state index contributed by atoms with van der Waals surface area (Å²) in [5.74, 6) is 3.29. The minimum absolute atomic E-state index is 0.771. The average molecular weight is 193 g/mol. The van der Waals surface area contributed by atoms with Gasteiger partial charge >= 0.3 is 0 Å². The van der Waals surface area contributed by atoms with Gasteiger partial charge in [-0.2, -0.15) is 0 Å². The molecule has 0 aromatic carbocycles. The number of hydrogen-bond donors (Lipinski definition) is 0. The molecule has 2 aliphatic carbocycles. The second-order valence-electron chi connectivity index (χ2n) is 6.22. The van der Waals surface area contributed by atoms with Crippen molar-refractivity contribution in [3.05, 3.63) is 0 Å². The molecule has 2 atom stereocenters. The Morgan fingerprint density at radius 3 is 2.21 bits per heavy atom. The van der Waals surface area contributed by atoms with E-state index in [0.29, 0.717) is 0 Å². The summed E-state index contributed by atoms with van der Waals surface area (Å²) in [7, 11) is 0. The molecule has 0 N–H and O–H groups in total. The minimum atomic E-state index is 0.771. The molecule has 14 heavy (non-hydrogen) atoms. The first-order chi connectivity index (χ1) is 6.66. The van der Waals surface area contributed by atoms with Crippen LogP contribution in [0, 0.1) is 23.2 Å². The standard InChI is InChI=1S/C13H23N/c1-4-13-5-10-7-14(9(2)3)8-11(6-13)12(10)13/h9-12H,4-8H2,1-3H3. The molecule has 0 aromatic heterocycles. The Morgan fingerprint density at radius 1 is 1.21 bits per heavy atom. The lowest BCUT2D eigenvalue weighted by atomic mass is 9.36. The van der Waals surface area contributed by atoms with E-state index in [0.717, 1.165) is 29.2 Å². The third kappa shape index (κ3) is 0.946. The van der Waals surface area contributed by atoms with E-state index in [2.05, 4.69) is 25.7 Å². The molecule has 1 saturated heterocycles. The fourth-order valence-corrected chi connectivity index (χ4v) is 4.70. The molecule has 0 radical (unpaired) electrons. The molecular weight excluding hydrogens is 170 g/mol. The van der Waals surface area contributed by atoms with Crippen molar-refractivity contribution in [2.75, 3.05) is 13.1 Å². The SMILES string of the molecule is CCC12CC3CN(C(C)C)CC(C1)C32. The van der Waals surface area contributed by atoms with Gasteiger partial charge in [-0.25, -0.2) is 0 Å². The maximum atomic E-state index is 2.71. The summed E-state index contributed by atoms with van der Waals surface area (Å²) in [4.78, 5) is 2.71. The third-order valence-corrected chi connectivity index (χ3v) is 5.43. The van der Waals surface area contributed by atoms with Crippen LogP contribution in [0.1, 0.15) is 40.0 Å². The molecule has 1 heterocycles. The van der Waals surface area contributed by atoms with Crippen molar-refractivity contribution in [2.24, 2.45) is 23.2 Å². The molecule has 2 saturated carbocycles. The van der Waals surface area contributed by atoms with Crippen LogP contribution < -0.4 is 0 Å². The van der Waals surface area contributed by atoms with Gasteiger partial charge in [0.15, 0.2) is 0 Å². The Bertz CT molecular complexity index is 230. The number of likely N-dealkylation sites (tertiary alicyclic amines) is 1. The second kappa shape index (κ2) is 2.75. The third-order valence-electron chi connectivity index (χ3n) is 5.43. The van der Waals surface area contributed by atoms with E-state index in [9.17, 15) is 0 Å². The molecule has 0 bridgehead atoms. The first-order valence-corrected chi connectivity index (χ1v) is 6.40. The molecule has 3 rings (SSSR count). The van der Waals surface area contributed by atoms with E-state index in [1.54, 1.807) is 12.8 Å². The molecule has 0 aromatic rings. The minimum Gasteiger partial charge on any atom is -0.300 e. The topological polar surface area (TPSA) is 3.24 Å². The molecule has 80 valence electrons. The lowest BCUT2D eigenvalue weighted by Crippen LogP contribution is -2.69. The van der Waals surface area contributed by atoms with Gasteiger partial charge in [0.25, 0.3) is 0 Å². The van der Waals surface area contributed by atoms with E-state index >= 15 is 0 Å². The number of piperidine rings is 1. The average Bonchev–Trinajstić information content (AvgIpc) is 2.07. The molecule has 1 heteroatoms. The Kier molecular flexibility index (Phi) is 1.81. The predicted molar refractivity (Wildman–Crippen MR) is 59.1 cm³/mol. The zero-order valence-corrected chi connectivity index (χ0v) is 9.79. The molecule has 0 spiro atoms. The zero-order chi connectivity index (χ0) is 9.92. The molecular formula is C13H23N. The van der Waals surface area contributed by atoms with Gasteiger partial charge in [-0.15, -0.1) is 0 Å². The summed E-state index contributed by atoms with van der Waals surface area (Å²) in [5.41, 5.74) is 0.846. The number of rotatable bonds is 2. The van der Waals surface area contributed by atoms with E-state index in [1.807, 2.05) is 0 Å². The summed E-state index contributed by atoms with van der Waals surface area (Å²) in [6, 6.07) is 0.771. The highest BCUT2D eigenvalue weighted by molar-refractivity contribution is 5.15. The van der Waals surface area contributed by atoms with Gasteiger partial charge in [-0.05, 0) is 49.9 Å². The van der Waals surface area contributed by atoms with Crippen LogP contribution in [0.3, 0.4) is 0 Å². The van der Waals surface area contributed by atoms with Crippen molar-refractivity contribution in [2.45, 2.75) is 46.1 Å². The largest absolute Gasteiger partial charge is 0.300 e. The van der Waals surface area contributed by atoms with Crippen molar-refractivity contribution in [3.8, 4) is 0 Å². The van der Waals surface area contributed by atoms with Gasteiger partial charge in [-0.1, -0.05) is 13.3 Å². The van der Waals surface area contributed by atoms with Crippen LogP contribution in [-0.4, -0.2) is 24.0 Å². The highest BCUT2D eigenvalue weighted by Gasteiger charge is 2.65. The van der Waals surface area contributed by atoms with Crippen LogP contribution in [0.4, 0.5) is 0 Å². The van der Waals surface area contributed by atoms with Gasteiger partial charge < -0.3 is 4.90 Å². The van der Waals surface area contributed by atoms with Gasteiger partial charge in [0, 0.05) is 19.1 Å². The van der Waals surface area contributed by atoms with E-state index in [1.165, 1.54) is 19.5 Å². The highest BCUT2D eigenvalue weighted by Crippen LogP contribution is 2.70. The number of hydrogen-bond acceptors (Lipinski definition) is 1.